The monoisotopic (exact) mass is 243 g/mol. The van der Waals surface area contributed by atoms with Crippen LogP contribution >= 0.6 is 0 Å². The molecule has 0 aromatic rings. The first-order valence-electron chi connectivity index (χ1n) is 5.66. The van der Waals surface area contributed by atoms with Crippen LogP contribution in [0.4, 0.5) is 0 Å². The van der Waals surface area contributed by atoms with Gasteiger partial charge >= 0.3 is 11.9 Å². The van der Waals surface area contributed by atoms with Crippen molar-refractivity contribution in [3.05, 3.63) is 0 Å². The zero-order valence-electron chi connectivity index (χ0n) is 9.76. The van der Waals surface area contributed by atoms with E-state index in [4.69, 9.17) is 10.2 Å². The van der Waals surface area contributed by atoms with Crippen molar-refractivity contribution in [3.8, 4) is 0 Å². The predicted octanol–water partition coefficient (Wildman–Crippen LogP) is 0.563. The van der Waals surface area contributed by atoms with Crippen LogP contribution in [-0.4, -0.2) is 45.5 Å². The quantitative estimate of drug-likeness (QED) is 0.735. The molecule has 2 N–H and O–H groups in total. The van der Waals surface area contributed by atoms with E-state index in [0.717, 1.165) is 0 Å². The lowest BCUT2D eigenvalue weighted by Gasteiger charge is -2.22. The third-order valence-electron chi connectivity index (χ3n) is 2.90. The number of carboxylic acid groups (broad SMARTS) is 2. The van der Waals surface area contributed by atoms with Crippen molar-refractivity contribution in [2.24, 2.45) is 5.92 Å². The molecule has 0 radical (unpaired) electrons. The summed E-state index contributed by atoms with van der Waals surface area (Å²) in [7, 11) is 0. The maximum Gasteiger partial charge on any atom is 0.326 e. The summed E-state index contributed by atoms with van der Waals surface area (Å²) in [6.45, 7) is 2.13. The van der Waals surface area contributed by atoms with Crippen LogP contribution in [0.15, 0.2) is 0 Å². The predicted molar refractivity (Wildman–Crippen MR) is 58.4 cm³/mol. The zero-order valence-corrected chi connectivity index (χ0v) is 9.76. The van der Waals surface area contributed by atoms with Gasteiger partial charge in [0.1, 0.15) is 6.04 Å². The van der Waals surface area contributed by atoms with E-state index in [9.17, 15) is 14.4 Å². The van der Waals surface area contributed by atoms with Crippen LogP contribution in [0, 0.1) is 5.92 Å². The Labute approximate surface area is 99.2 Å². The molecule has 1 aliphatic rings. The number of hydrogen-bond acceptors (Lipinski definition) is 3. The molecule has 1 saturated heterocycles. The molecule has 1 amide bonds. The smallest absolute Gasteiger partial charge is 0.326 e. The normalized spacial score (nSPS) is 21.2. The van der Waals surface area contributed by atoms with Crippen LogP contribution in [-0.2, 0) is 14.4 Å². The first-order chi connectivity index (χ1) is 7.91. The summed E-state index contributed by atoms with van der Waals surface area (Å²) in [6.07, 6.45) is 1.19. The third-order valence-corrected chi connectivity index (χ3v) is 2.90. The minimum Gasteiger partial charge on any atom is -0.481 e. The van der Waals surface area contributed by atoms with Gasteiger partial charge in [-0.2, -0.15) is 0 Å². The van der Waals surface area contributed by atoms with Gasteiger partial charge in [-0.05, 0) is 18.8 Å². The van der Waals surface area contributed by atoms with Gasteiger partial charge in [0.2, 0.25) is 5.91 Å². The molecule has 0 bridgehead atoms. The molecule has 0 aromatic carbocycles. The Bertz CT molecular complexity index is 328. The Balaban J connectivity index is 2.52. The first-order valence-corrected chi connectivity index (χ1v) is 5.66. The van der Waals surface area contributed by atoms with Crippen molar-refractivity contribution < 1.29 is 24.6 Å². The molecule has 1 aliphatic heterocycles. The molecular formula is C11H17NO5. The average molecular weight is 243 g/mol. The van der Waals surface area contributed by atoms with Crippen molar-refractivity contribution >= 4 is 17.8 Å². The lowest BCUT2D eigenvalue weighted by Crippen LogP contribution is -2.41. The van der Waals surface area contributed by atoms with E-state index >= 15 is 0 Å². The molecule has 0 spiro atoms. The minimum atomic E-state index is -0.985. The highest BCUT2D eigenvalue weighted by Crippen LogP contribution is 2.20. The lowest BCUT2D eigenvalue weighted by atomic mass is 10.0. The number of aliphatic carboxylic acids is 2. The Morgan fingerprint density at radius 3 is 2.47 bits per heavy atom. The van der Waals surface area contributed by atoms with Gasteiger partial charge in [-0.15, -0.1) is 0 Å². The highest BCUT2D eigenvalue weighted by Gasteiger charge is 2.34. The molecule has 0 aliphatic carbocycles. The van der Waals surface area contributed by atoms with Crippen LogP contribution in [0.3, 0.4) is 0 Å². The van der Waals surface area contributed by atoms with E-state index in [2.05, 4.69) is 0 Å². The van der Waals surface area contributed by atoms with Crippen molar-refractivity contribution in [2.45, 2.75) is 38.6 Å². The van der Waals surface area contributed by atoms with Crippen LogP contribution in [0.25, 0.3) is 0 Å². The van der Waals surface area contributed by atoms with Crippen LogP contribution in [0.5, 0.6) is 0 Å². The van der Waals surface area contributed by atoms with Gasteiger partial charge in [0, 0.05) is 19.4 Å². The van der Waals surface area contributed by atoms with E-state index in [1.54, 1.807) is 6.92 Å². The molecule has 1 rings (SSSR count). The van der Waals surface area contributed by atoms with Gasteiger partial charge in [-0.25, -0.2) is 4.79 Å². The van der Waals surface area contributed by atoms with E-state index in [1.165, 1.54) is 4.90 Å². The van der Waals surface area contributed by atoms with E-state index in [-0.39, 0.29) is 24.7 Å². The second-order valence-electron chi connectivity index (χ2n) is 4.49. The summed E-state index contributed by atoms with van der Waals surface area (Å²) >= 11 is 0. The van der Waals surface area contributed by atoms with Crippen LogP contribution < -0.4 is 0 Å². The molecule has 96 valence electrons. The highest BCUT2D eigenvalue weighted by atomic mass is 16.4. The molecule has 1 fully saturated rings. The number of likely N-dealkylation sites (tertiary alicyclic amines) is 1. The van der Waals surface area contributed by atoms with Gasteiger partial charge < -0.3 is 15.1 Å². The first kappa shape index (κ1) is 13.5. The molecule has 2 atom stereocenters. The maximum atomic E-state index is 11.8. The molecule has 6 heteroatoms. The van der Waals surface area contributed by atoms with Crippen molar-refractivity contribution in [2.75, 3.05) is 6.54 Å². The molecule has 0 aromatic heterocycles. The fourth-order valence-electron chi connectivity index (χ4n) is 2.11. The fraction of sp³-hybridized carbons (Fsp3) is 0.727. The summed E-state index contributed by atoms with van der Waals surface area (Å²) in [5.74, 6) is -2.46. The minimum absolute atomic E-state index is 0.0721. The topological polar surface area (TPSA) is 94.9 Å². The summed E-state index contributed by atoms with van der Waals surface area (Å²) in [6, 6.07) is -0.737. The fourth-order valence-corrected chi connectivity index (χ4v) is 2.11. The van der Waals surface area contributed by atoms with Gasteiger partial charge in [0.25, 0.3) is 0 Å². The molecule has 17 heavy (non-hydrogen) atoms. The zero-order chi connectivity index (χ0) is 13.0. The number of carboxylic acids is 2. The van der Waals surface area contributed by atoms with Gasteiger partial charge in [-0.1, -0.05) is 6.92 Å². The standard InChI is InChI=1S/C11H17NO5/c1-7(6-10(14)15)5-9(13)12-4-2-3-8(12)11(16)17/h7-8H,2-6H2,1H3,(H,14,15)(H,16,17)/t7?,8-/m0/s1. The molecular weight excluding hydrogens is 226 g/mol. The van der Waals surface area contributed by atoms with E-state index < -0.39 is 18.0 Å². The molecule has 0 saturated carbocycles. The summed E-state index contributed by atoms with van der Waals surface area (Å²) in [5.41, 5.74) is 0. The second kappa shape index (κ2) is 5.65. The Morgan fingerprint density at radius 2 is 1.94 bits per heavy atom. The van der Waals surface area contributed by atoms with E-state index in [0.29, 0.717) is 19.4 Å². The molecule has 1 heterocycles. The number of carbonyl (C=O) groups excluding carboxylic acids is 1. The summed E-state index contributed by atoms with van der Waals surface area (Å²) in [5, 5.41) is 17.5. The largest absolute Gasteiger partial charge is 0.481 e. The van der Waals surface area contributed by atoms with Gasteiger partial charge in [-0.3, -0.25) is 9.59 Å². The lowest BCUT2D eigenvalue weighted by molar-refractivity contribution is -0.149. The Hall–Kier alpha value is -1.59. The van der Waals surface area contributed by atoms with Gasteiger partial charge in [0.05, 0.1) is 0 Å². The third kappa shape index (κ3) is 3.72. The van der Waals surface area contributed by atoms with Crippen molar-refractivity contribution in [3.63, 3.8) is 0 Å². The number of amides is 1. The number of carbonyl (C=O) groups is 3. The SMILES string of the molecule is CC(CC(=O)O)CC(=O)N1CCC[C@H]1C(=O)O. The maximum absolute atomic E-state index is 11.8. The molecule has 6 nitrogen and oxygen atoms in total. The average Bonchev–Trinajstić information content (AvgIpc) is 2.63. The van der Waals surface area contributed by atoms with E-state index in [1.807, 2.05) is 0 Å². The van der Waals surface area contributed by atoms with Gasteiger partial charge in [0.15, 0.2) is 0 Å². The Morgan fingerprint density at radius 1 is 1.29 bits per heavy atom. The Kier molecular flexibility index (Phi) is 4.48. The summed E-state index contributed by atoms with van der Waals surface area (Å²) in [4.78, 5) is 34.5. The highest BCUT2D eigenvalue weighted by molar-refractivity contribution is 5.84. The van der Waals surface area contributed by atoms with Crippen LogP contribution in [0.2, 0.25) is 0 Å². The second-order valence-corrected chi connectivity index (χ2v) is 4.49. The summed E-state index contributed by atoms with van der Waals surface area (Å²) < 4.78 is 0. The molecule has 1 unspecified atom stereocenters. The number of nitrogens with zero attached hydrogens (tertiary/aromatic N) is 1. The van der Waals surface area contributed by atoms with Crippen LogP contribution in [0.1, 0.15) is 32.6 Å². The van der Waals surface area contributed by atoms with Crippen molar-refractivity contribution in [1.82, 2.24) is 4.90 Å². The number of hydrogen-bond donors (Lipinski definition) is 2. The van der Waals surface area contributed by atoms with Crippen molar-refractivity contribution in [1.29, 1.82) is 0 Å². The number of rotatable bonds is 5.